The predicted octanol–water partition coefficient (Wildman–Crippen LogP) is 7.45. The summed E-state index contributed by atoms with van der Waals surface area (Å²) < 4.78 is 26.2. The lowest BCUT2D eigenvalue weighted by Crippen LogP contribution is -2.36. The molecule has 0 aliphatic carbocycles. The van der Waals surface area contributed by atoms with Crippen LogP contribution in [0.2, 0.25) is 0 Å². The summed E-state index contributed by atoms with van der Waals surface area (Å²) >= 11 is 6.32. The number of carboxylic acid groups (broad SMARTS) is 1. The molecule has 11 nitrogen and oxygen atoms in total. The molecule has 50 heavy (non-hydrogen) atoms. The van der Waals surface area contributed by atoms with E-state index < -0.39 is 29.6 Å². The Kier molecular flexibility index (Phi) is 9.06. The van der Waals surface area contributed by atoms with E-state index in [9.17, 15) is 29.7 Å². The Bertz CT molecular complexity index is 2250. The number of hydrogen-bond acceptors (Lipinski definition) is 10. The summed E-state index contributed by atoms with van der Waals surface area (Å²) in [5, 5.41) is 29.9. The number of rotatable bonds is 7. The van der Waals surface area contributed by atoms with E-state index in [1.165, 1.54) is 36.4 Å². The van der Waals surface area contributed by atoms with Crippen LogP contribution in [0.25, 0.3) is 0 Å². The van der Waals surface area contributed by atoms with Crippen LogP contribution in [0.4, 0.5) is 0 Å². The quantitative estimate of drug-likeness (QED) is 0.0725. The van der Waals surface area contributed by atoms with Crippen molar-refractivity contribution in [1.29, 1.82) is 0 Å². The van der Waals surface area contributed by atoms with E-state index in [2.05, 4.69) is 45.2 Å². The van der Waals surface area contributed by atoms with Crippen molar-refractivity contribution in [2.24, 2.45) is 5.73 Å². The minimum atomic E-state index is -1.60. The lowest BCUT2D eigenvalue weighted by Gasteiger charge is -2.36. The van der Waals surface area contributed by atoms with Gasteiger partial charge in [0.25, 0.3) is 0 Å². The zero-order valence-corrected chi connectivity index (χ0v) is 31.8. The highest BCUT2D eigenvalue weighted by Gasteiger charge is 2.54. The first-order valence-electron chi connectivity index (χ1n) is 14.7. The first-order chi connectivity index (χ1) is 23.8. The van der Waals surface area contributed by atoms with Crippen molar-refractivity contribution in [3.63, 3.8) is 0 Å². The topological polar surface area (TPSA) is 175 Å². The Hall–Kier alpha value is -4.14. The monoisotopic (exact) mass is 1010 g/mol. The van der Waals surface area contributed by atoms with Gasteiger partial charge in [-0.1, -0.05) is 12.1 Å². The summed E-state index contributed by atoms with van der Waals surface area (Å²) in [4.78, 5) is 38.5. The number of aromatic hydroxyl groups is 2. The molecule has 0 fully saturated rings. The SMILES string of the molecule is N[C@@H](Cc1cc(I)c(Oc2ccc(O)c(I)c2)c(I)c1)C(=O)Oc1ccc2c(c1)Oc1cc(O)ccc1C21OC(=O)c2c(C(=O)O)cccc21. The third-order valence-corrected chi connectivity index (χ3v) is 10.7. The first kappa shape index (κ1) is 34.3. The van der Waals surface area contributed by atoms with Crippen LogP contribution in [0.5, 0.6) is 40.2 Å². The maximum atomic E-state index is 13.3. The number of phenols is 2. The van der Waals surface area contributed by atoms with E-state index in [1.54, 1.807) is 36.4 Å². The summed E-state index contributed by atoms with van der Waals surface area (Å²) in [7, 11) is 0. The lowest BCUT2D eigenvalue weighted by molar-refractivity contribution is -0.135. The maximum Gasteiger partial charge on any atom is 0.341 e. The molecule has 0 radical (unpaired) electrons. The molecule has 5 aromatic carbocycles. The molecular formula is C36H22I3NO10. The molecule has 252 valence electrons. The molecule has 2 aliphatic rings. The van der Waals surface area contributed by atoms with Crippen molar-refractivity contribution in [1.82, 2.24) is 0 Å². The Morgan fingerprint density at radius 3 is 2.20 bits per heavy atom. The summed E-state index contributed by atoms with van der Waals surface area (Å²) in [6, 6.07) is 21.0. The smallest absolute Gasteiger partial charge is 0.341 e. The second-order valence-corrected chi connectivity index (χ2v) is 14.9. The largest absolute Gasteiger partial charge is 0.508 e. The molecule has 2 atom stereocenters. The molecule has 0 aromatic heterocycles. The van der Waals surface area contributed by atoms with Gasteiger partial charge in [0.2, 0.25) is 0 Å². The van der Waals surface area contributed by atoms with Gasteiger partial charge in [0.1, 0.15) is 40.5 Å². The fourth-order valence-corrected chi connectivity index (χ4v) is 8.61. The van der Waals surface area contributed by atoms with Crippen molar-refractivity contribution in [2.75, 3.05) is 0 Å². The molecule has 5 aromatic rings. The highest BCUT2D eigenvalue weighted by atomic mass is 127. The lowest BCUT2D eigenvalue weighted by atomic mass is 9.77. The number of fused-ring (bicyclic) bond motifs is 6. The van der Waals surface area contributed by atoms with Crippen molar-refractivity contribution in [2.45, 2.75) is 18.1 Å². The average Bonchev–Trinajstić information content (AvgIpc) is 3.36. The number of phenolic OH excluding ortho intramolecular Hbond substituents is 2. The van der Waals surface area contributed by atoms with Crippen molar-refractivity contribution in [3.05, 3.63) is 129 Å². The van der Waals surface area contributed by atoms with Gasteiger partial charge in [-0.2, -0.15) is 0 Å². The number of aromatic carboxylic acids is 1. The fraction of sp³-hybridized carbons (Fsp3) is 0.0833. The Morgan fingerprint density at radius 2 is 1.50 bits per heavy atom. The van der Waals surface area contributed by atoms with E-state index in [-0.39, 0.29) is 46.3 Å². The molecule has 7 rings (SSSR count). The molecule has 1 spiro atoms. The molecule has 1 unspecified atom stereocenters. The van der Waals surface area contributed by atoms with Gasteiger partial charge in [-0.05, 0) is 140 Å². The number of carbonyl (C=O) groups is 3. The number of benzene rings is 5. The van der Waals surface area contributed by atoms with Gasteiger partial charge in [-0.25, -0.2) is 14.4 Å². The standard InChI is InChI=1S/C36H22I3NO10/c37-24-14-18(6-9-28(24)42)47-32-25(38)10-16(11-26(32)39)12-27(40)34(45)48-19-5-8-22-30(15-19)49-29-13-17(41)4-7-21(29)36(22)23-3-1-2-20(33(43)44)31(23)35(46)50-36/h1-11,13-15,27,41-42H,12,40H2,(H,43,44)/t27-,36?/m0/s1. The number of carbonyl (C=O) groups excluding carboxylic acids is 2. The van der Waals surface area contributed by atoms with Crippen molar-refractivity contribution < 1.29 is 48.7 Å². The van der Waals surface area contributed by atoms with Crippen LogP contribution in [-0.4, -0.2) is 39.3 Å². The average molecular weight is 1010 g/mol. The van der Waals surface area contributed by atoms with Gasteiger partial charge >= 0.3 is 17.9 Å². The van der Waals surface area contributed by atoms with E-state index in [0.717, 1.165) is 12.7 Å². The number of esters is 2. The third kappa shape index (κ3) is 6.00. The third-order valence-electron chi connectivity index (χ3n) is 8.19. The highest BCUT2D eigenvalue weighted by Crippen LogP contribution is 2.57. The molecule has 14 heteroatoms. The molecule has 5 N–H and O–H groups in total. The van der Waals surface area contributed by atoms with Crippen molar-refractivity contribution >= 4 is 85.7 Å². The van der Waals surface area contributed by atoms with Crippen LogP contribution in [0, 0.1) is 10.7 Å². The second kappa shape index (κ2) is 13.2. The number of hydrogen-bond donors (Lipinski definition) is 4. The van der Waals surface area contributed by atoms with Crippen molar-refractivity contribution in [3.8, 4) is 40.2 Å². The van der Waals surface area contributed by atoms with Crippen LogP contribution in [0.15, 0.2) is 84.9 Å². The zero-order chi connectivity index (χ0) is 35.5. The maximum absolute atomic E-state index is 13.3. The predicted molar refractivity (Wildman–Crippen MR) is 203 cm³/mol. The Labute approximate surface area is 324 Å². The number of carboxylic acids is 1. The highest BCUT2D eigenvalue weighted by molar-refractivity contribution is 14.1. The second-order valence-electron chi connectivity index (χ2n) is 11.4. The first-order valence-corrected chi connectivity index (χ1v) is 18.0. The fourth-order valence-electron chi connectivity index (χ4n) is 6.01. The molecule has 0 amide bonds. The molecular weight excluding hydrogens is 987 g/mol. The summed E-state index contributed by atoms with van der Waals surface area (Å²) in [6.07, 6.45) is 0.165. The summed E-state index contributed by atoms with van der Waals surface area (Å²) in [5.41, 5.74) is 6.23. The zero-order valence-electron chi connectivity index (χ0n) is 25.3. The molecule has 2 aliphatic heterocycles. The molecule has 0 saturated heterocycles. The van der Waals surface area contributed by atoms with Gasteiger partial charge in [0.15, 0.2) is 11.4 Å². The minimum absolute atomic E-state index is 0.0904. The van der Waals surface area contributed by atoms with Crippen LogP contribution in [0.1, 0.15) is 43.0 Å². The Morgan fingerprint density at radius 1 is 0.820 bits per heavy atom. The van der Waals surface area contributed by atoms with Gasteiger partial charge in [-0.3, -0.25) is 0 Å². The Balaban J connectivity index is 1.15. The van der Waals surface area contributed by atoms with Crippen LogP contribution in [0.3, 0.4) is 0 Å². The molecule has 2 heterocycles. The summed E-state index contributed by atoms with van der Waals surface area (Å²) in [5.74, 6) is -1.15. The van der Waals surface area contributed by atoms with E-state index in [1.807, 2.05) is 34.7 Å². The number of halogens is 3. The van der Waals surface area contributed by atoms with E-state index in [0.29, 0.717) is 31.8 Å². The van der Waals surface area contributed by atoms with Gasteiger partial charge in [0.05, 0.1) is 21.8 Å². The number of nitrogens with two attached hydrogens (primary N) is 1. The normalized spacial score (nSPS) is 16.0. The van der Waals surface area contributed by atoms with Crippen LogP contribution < -0.4 is 19.9 Å². The van der Waals surface area contributed by atoms with E-state index >= 15 is 0 Å². The van der Waals surface area contributed by atoms with Gasteiger partial charge in [-0.15, -0.1) is 0 Å². The van der Waals surface area contributed by atoms with Crippen LogP contribution in [-0.2, 0) is 21.6 Å². The molecule has 0 bridgehead atoms. The van der Waals surface area contributed by atoms with E-state index in [4.69, 9.17) is 24.7 Å². The van der Waals surface area contributed by atoms with Gasteiger partial charge < -0.3 is 40.0 Å². The number of ether oxygens (including phenoxy) is 4. The van der Waals surface area contributed by atoms with Crippen LogP contribution >= 0.6 is 67.8 Å². The summed E-state index contributed by atoms with van der Waals surface area (Å²) in [6.45, 7) is 0. The van der Waals surface area contributed by atoms with Gasteiger partial charge in [0, 0.05) is 28.8 Å². The molecule has 0 saturated carbocycles. The minimum Gasteiger partial charge on any atom is -0.508 e.